The summed E-state index contributed by atoms with van der Waals surface area (Å²) in [6.45, 7) is 11.7. The van der Waals surface area contributed by atoms with Gasteiger partial charge in [0.25, 0.3) is 0 Å². The molecule has 0 spiro atoms. The zero-order valence-corrected chi connectivity index (χ0v) is 19.1. The smallest absolute Gasteiger partial charge is 0.228 e. The molecule has 0 fully saturated rings. The second kappa shape index (κ2) is 11.4. The highest BCUT2D eigenvalue weighted by molar-refractivity contribution is 5.92. The summed E-state index contributed by atoms with van der Waals surface area (Å²) in [5.41, 5.74) is 3.41. The Morgan fingerprint density at radius 1 is 1.23 bits per heavy atom. The van der Waals surface area contributed by atoms with Crippen LogP contribution in [-0.4, -0.2) is 28.0 Å². The maximum absolute atomic E-state index is 13.5. The third-order valence-corrected chi connectivity index (χ3v) is 4.96. The van der Waals surface area contributed by atoms with E-state index in [0.717, 1.165) is 35.4 Å². The summed E-state index contributed by atoms with van der Waals surface area (Å²) >= 11 is 0. The van der Waals surface area contributed by atoms with Crippen molar-refractivity contribution in [3.63, 3.8) is 0 Å². The average molecular weight is 425 g/mol. The van der Waals surface area contributed by atoms with E-state index < -0.39 is 0 Å². The summed E-state index contributed by atoms with van der Waals surface area (Å²) in [5.74, 6) is 1.63. The van der Waals surface area contributed by atoms with Crippen LogP contribution in [0.3, 0.4) is 0 Å². The number of hydrogen-bond acceptors (Lipinski definition) is 4. The van der Waals surface area contributed by atoms with Crippen LogP contribution in [0, 0.1) is 11.7 Å². The van der Waals surface area contributed by atoms with Gasteiger partial charge in [-0.25, -0.2) is 14.4 Å². The largest absolute Gasteiger partial charge is 0.513 e. The lowest BCUT2D eigenvalue weighted by molar-refractivity contribution is 0.354. The maximum Gasteiger partial charge on any atom is 0.228 e. The van der Waals surface area contributed by atoms with Crippen molar-refractivity contribution in [3.8, 4) is 11.3 Å². The molecule has 2 rings (SSSR count). The number of nitrogens with zero attached hydrogens (tertiary/aromatic N) is 3. The molecule has 1 aromatic heterocycles. The van der Waals surface area contributed by atoms with Gasteiger partial charge in [-0.1, -0.05) is 39.5 Å². The lowest BCUT2D eigenvalue weighted by Gasteiger charge is -2.16. The van der Waals surface area contributed by atoms with Crippen molar-refractivity contribution in [2.45, 2.75) is 52.9 Å². The Morgan fingerprint density at radius 3 is 2.48 bits per heavy atom. The van der Waals surface area contributed by atoms with Gasteiger partial charge in [0.1, 0.15) is 5.82 Å². The molecule has 0 radical (unpaired) electrons. The van der Waals surface area contributed by atoms with Gasteiger partial charge in [-0.3, -0.25) is 4.99 Å². The summed E-state index contributed by atoms with van der Waals surface area (Å²) in [7, 11) is 1.71. The maximum atomic E-state index is 13.5. The van der Waals surface area contributed by atoms with Gasteiger partial charge >= 0.3 is 0 Å². The van der Waals surface area contributed by atoms with E-state index >= 15 is 0 Å². The number of aromatic nitrogens is 2. The number of aliphatic imine (C=N–C) groups is 1. The van der Waals surface area contributed by atoms with Crippen LogP contribution >= 0.6 is 0 Å². The third kappa shape index (κ3) is 7.31. The van der Waals surface area contributed by atoms with E-state index in [9.17, 15) is 9.50 Å². The Morgan fingerprint density at radius 2 is 1.90 bits per heavy atom. The second-order valence-corrected chi connectivity index (χ2v) is 8.15. The fraction of sp³-hybridized carbons (Fsp3) is 0.400. The van der Waals surface area contributed by atoms with Crippen LogP contribution in [0.15, 0.2) is 47.7 Å². The summed E-state index contributed by atoms with van der Waals surface area (Å²) < 4.78 is 13.5. The summed E-state index contributed by atoms with van der Waals surface area (Å²) in [6, 6.07) is 6.35. The molecular formula is C25H33FN4O. The molecule has 1 unspecified atom stereocenters. The number of aliphatic hydroxyl groups excluding tert-OH is 1. The molecule has 0 bridgehead atoms. The van der Waals surface area contributed by atoms with Gasteiger partial charge in [0, 0.05) is 24.6 Å². The number of allylic oxidation sites excluding steroid dienone is 2. The van der Waals surface area contributed by atoms with Crippen molar-refractivity contribution < 1.29 is 9.50 Å². The lowest BCUT2D eigenvalue weighted by Crippen LogP contribution is -2.13. The highest BCUT2D eigenvalue weighted by Crippen LogP contribution is 2.30. The Bertz CT molecular complexity index is 949. The molecule has 2 N–H and O–H groups in total. The highest BCUT2D eigenvalue weighted by Gasteiger charge is 2.17. The van der Waals surface area contributed by atoms with Gasteiger partial charge in [-0.2, -0.15) is 0 Å². The first-order valence-corrected chi connectivity index (χ1v) is 10.6. The Hall–Kier alpha value is -3.02. The van der Waals surface area contributed by atoms with E-state index in [2.05, 4.69) is 49.8 Å². The van der Waals surface area contributed by atoms with Crippen molar-refractivity contribution in [3.05, 3.63) is 59.8 Å². The van der Waals surface area contributed by atoms with Crippen molar-refractivity contribution in [2.75, 3.05) is 12.4 Å². The number of benzene rings is 1. The third-order valence-electron chi connectivity index (χ3n) is 4.96. The van der Waals surface area contributed by atoms with E-state index in [1.807, 2.05) is 6.92 Å². The Balaban J connectivity index is 2.46. The monoisotopic (exact) mass is 424 g/mol. The molecule has 2 aromatic rings. The van der Waals surface area contributed by atoms with Gasteiger partial charge in [-0.05, 0) is 55.9 Å². The van der Waals surface area contributed by atoms with Gasteiger partial charge in [0.2, 0.25) is 5.95 Å². The highest BCUT2D eigenvalue weighted by atomic mass is 19.1. The fourth-order valence-electron chi connectivity index (χ4n) is 3.28. The number of hydrogen-bond donors (Lipinski definition) is 2. The SMILES string of the molecule is C=C(O)CC(C)CC/C=C/c1c(-c2ccc(F)cc2)nc(NC(C)=NC)nc1C(C)C. The molecule has 0 aliphatic heterocycles. The predicted octanol–water partition coefficient (Wildman–Crippen LogP) is 6.76. The summed E-state index contributed by atoms with van der Waals surface area (Å²) in [4.78, 5) is 13.6. The molecule has 1 atom stereocenters. The molecule has 0 saturated carbocycles. The van der Waals surface area contributed by atoms with E-state index in [4.69, 9.17) is 9.97 Å². The first-order chi connectivity index (χ1) is 14.7. The molecule has 0 amide bonds. The molecule has 1 heterocycles. The normalized spacial score (nSPS) is 13.1. The van der Waals surface area contributed by atoms with Gasteiger partial charge in [0.15, 0.2) is 0 Å². The molecule has 5 nitrogen and oxygen atoms in total. The van der Waals surface area contributed by atoms with Crippen LogP contribution < -0.4 is 5.32 Å². The van der Waals surface area contributed by atoms with E-state index in [1.165, 1.54) is 12.1 Å². The summed E-state index contributed by atoms with van der Waals surface area (Å²) in [5, 5.41) is 12.5. The topological polar surface area (TPSA) is 70.4 Å². The Kier molecular flexibility index (Phi) is 8.91. The molecule has 0 aliphatic carbocycles. The van der Waals surface area contributed by atoms with Crippen LogP contribution in [0.5, 0.6) is 0 Å². The van der Waals surface area contributed by atoms with Crippen LogP contribution in [0.25, 0.3) is 17.3 Å². The molecule has 166 valence electrons. The van der Waals surface area contributed by atoms with Crippen molar-refractivity contribution in [1.29, 1.82) is 0 Å². The number of nitrogens with one attached hydrogen (secondary N) is 1. The lowest BCUT2D eigenvalue weighted by atomic mass is 9.96. The number of aliphatic hydroxyl groups is 1. The van der Waals surface area contributed by atoms with Crippen molar-refractivity contribution in [2.24, 2.45) is 10.9 Å². The number of halogens is 1. The first-order valence-electron chi connectivity index (χ1n) is 10.6. The van der Waals surface area contributed by atoms with Crippen LogP contribution in [0.2, 0.25) is 0 Å². The summed E-state index contributed by atoms with van der Waals surface area (Å²) in [6.07, 6.45) is 6.56. The zero-order valence-electron chi connectivity index (χ0n) is 19.1. The van der Waals surface area contributed by atoms with Crippen LogP contribution in [0.1, 0.15) is 64.1 Å². The van der Waals surface area contributed by atoms with Crippen molar-refractivity contribution in [1.82, 2.24) is 9.97 Å². The number of anilines is 1. The molecule has 1 aromatic carbocycles. The Labute approximate surface area is 184 Å². The van der Waals surface area contributed by atoms with E-state index in [-0.39, 0.29) is 17.5 Å². The van der Waals surface area contributed by atoms with Crippen molar-refractivity contribution >= 4 is 17.9 Å². The molecular weight excluding hydrogens is 391 g/mol. The fourth-order valence-corrected chi connectivity index (χ4v) is 3.28. The minimum atomic E-state index is -0.286. The van der Waals surface area contributed by atoms with E-state index in [1.54, 1.807) is 19.2 Å². The zero-order chi connectivity index (χ0) is 23.0. The second-order valence-electron chi connectivity index (χ2n) is 8.15. The van der Waals surface area contributed by atoms with Gasteiger partial charge < -0.3 is 10.4 Å². The standard InChI is InChI=1S/C25H33FN4O/c1-16(2)23-22(10-8-7-9-17(3)15-18(4)31)24(20-11-13-21(26)14-12-20)30-25(29-23)28-19(5)27-6/h8,10-14,16-17,31H,4,7,9,15H2,1-3,5-6H3,(H,27,28,29,30)/b10-8+. The molecule has 0 saturated heterocycles. The molecule has 31 heavy (non-hydrogen) atoms. The van der Waals surface area contributed by atoms with Gasteiger partial charge in [-0.15, -0.1) is 0 Å². The predicted molar refractivity (Wildman–Crippen MR) is 128 cm³/mol. The quantitative estimate of drug-likeness (QED) is 0.265. The molecule has 0 aliphatic rings. The average Bonchev–Trinajstić information content (AvgIpc) is 2.71. The molecule has 6 heteroatoms. The number of rotatable bonds is 9. The minimum Gasteiger partial charge on any atom is -0.513 e. The first kappa shape index (κ1) is 24.3. The van der Waals surface area contributed by atoms with Crippen LogP contribution in [-0.2, 0) is 0 Å². The van der Waals surface area contributed by atoms with Gasteiger partial charge in [0.05, 0.1) is 23.0 Å². The number of amidine groups is 1. The van der Waals surface area contributed by atoms with E-state index in [0.29, 0.717) is 24.1 Å². The minimum absolute atomic E-state index is 0.165. The van der Waals surface area contributed by atoms with Crippen LogP contribution in [0.4, 0.5) is 10.3 Å².